The van der Waals surface area contributed by atoms with Gasteiger partial charge in [-0.15, -0.1) is 0 Å². The van der Waals surface area contributed by atoms with Crippen LogP contribution in [0, 0.1) is 5.82 Å². The first kappa shape index (κ1) is 16.5. The molecular formula is C18H15FN4O2. The van der Waals surface area contributed by atoms with E-state index < -0.39 is 23.5 Å². The summed E-state index contributed by atoms with van der Waals surface area (Å²) in [6.45, 7) is 1.52. The molecule has 0 bridgehead atoms. The quantitative estimate of drug-likeness (QED) is 0.793. The van der Waals surface area contributed by atoms with Crippen molar-refractivity contribution in [3.63, 3.8) is 0 Å². The Kier molecular flexibility index (Phi) is 4.65. The number of carbonyl (C=O) groups is 1. The van der Waals surface area contributed by atoms with E-state index >= 15 is 0 Å². The van der Waals surface area contributed by atoms with Gasteiger partial charge in [-0.1, -0.05) is 36.4 Å². The number of amides is 1. The Morgan fingerprint density at radius 1 is 1.16 bits per heavy atom. The molecule has 1 heterocycles. The predicted octanol–water partition coefficient (Wildman–Crippen LogP) is 2.64. The Morgan fingerprint density at radius 3 is 2.60 bits per heavy atom. The Hall–Kier alpha value is -3.35. The molecule has 25 heavy (non-hydrogen) atoms. The predicted molar refractivity (Wildman–Crippen MR) is 91.5 cm³/mol. The molecule has 0 aliphatic rings. The van der Waals surface area contributed by atoms with Crippen molar-refractivity contribution < 1.29 is 9.18 Å². The minimum atomic E-state index is -0.895. The van der Waals surface area contributed by atoms with E-state index in [1.54, 1.807) is 6.07 Å². The van der Waals surface area contributed by atoms with Crippen LogP contribution in [0.15, 0.2) is 65.6 Å². The van der Waals surface area contributed by atoms with Gasteiger partial charge in [0.2, 0.25) is 5.91 Å². The zero-order valence-corrected chi connectivity index (χ0v) is 13.4. The van der Waals surface area contributed by atoms with Crippen molar-refractivity contribution in [3.8, 4) is 11.3 Å². The number of anilines is 1. The molecular weight excluding hydrogens is 323 g/mol. The highest BCUT2D eigenvalue weighted by molar-refractivity contribution is 5.93. The number of rotatable bonds is 4. The number of hydrogen-bond acceptors (Lipinski definition) is 4. The summed E-state index contributed by atoms with van der Waals surface area (Å²) in [5, 5.41) is 6.59. The van der Waals surface area contributed by atoms with Crippen LogP contribution in [0.25, 0.3) is 11.3 Å². The first-order valence-corrected chi connectivity index (χ1v) is 7.62. The SMILES string of the molecule is CC(C(=O)Nc1cccc(F)c1)n1ncc(-c2ccccc2)nc1=O. The smallest absolute Gasteiger partial charge is 0.324 e. The van der Waals surface area contributed by atoms with Crippen LogP contribution in [0.3, 0.4) is 0 Å². The molecule has 7 heteroatoms. The monoisotopic (exact) mass is 338 g/mol. The van der Waals surface area contributed by atoms with E-state index in [-0.39, 0.29) is 0 Å². The molecule has 3 rings (SSSR count). The first-order chi connectivity index (χ1) is 12.0. The largest absolute Gasteiger partial charge is 0.365 e. The van der Waals surface area contributed by atoms with Crippen LogP contribution in [0.4, 0.5) is 10.1 Å². The Bertz CT molecular complexity index is 957. The van der Waals surface area contributed by atoms with E-state index in [4.69, 9.17) is 0 Å². The maximum absolute atomic E-state index is 13.2. The van der Waals surface area contributed by atoms with Crippen molar-refractivity contribution in [1.29, 1.82) is 0 Å². The highest BCUT2D eigenvalue weighted by atomic mass is 19.1. The molecule has 3 aromatic rings. The lowest BCUT2D eigenvalue weighted by atomic mass is 10.2. The van der Waals surface area contributed by atoms with Gasteiger partial charge in [0.25, 0.3) is 0 Å². The van der Waals surface area contributed by atoms with Crippen LogP contribution in [0.2, 0.25) is 0 Å². The van der Waals surface area contributed by atoms with E-state index in [0.29, 0.717) is 11.4 Å². The van der Waals surface area contributed by atoms with Gasteiger partial charge in [0.15, 0.2) is 0 Å². The number of benzene rings is 2. The number of aromatic nitrogens is 3. The average molecular weight is 338 g/mol. The highest BCUT2D eigenvalue weighted by Crippen LogP contribution is 2.14. The molecule has 0 fully saturated rings. The maximum Gasteiger partial charge on any atom is 0.365 e. The highest BCUT2D eigenvalue weighted by Gasteiger charge is 2.18. The van der Waals surface area contributed by atoms with E-state index in [9.17, 15) is 14.0 Å². The van der Waals surface area contributed by atoms with Gasteiger partial charge < -0.3 is 5.32 Å². The van der Waals surface area contributed by atoms with Crippen molar-refractivity contribution in [2.45, 2.75) is 13.0 Å². The molecule has 1 atom stereocenters. The summed E-state index contributed by atoms with van der Waals surface area (Å²) in [5.74, 6) is -0.955. The fraction of sp³-hybridized carbons (Fsp3) is 0.111. The molecule has 0 saturated heterocycles. The summed E-state index contributed by atoms with van der Waals surface area (Å²) < 4.78 is 14.2. The van der Waals surface area contributed by atoms with E-state index in [1.807, 2.05) is 30.3 Å². The lowest BCUT2D eigenvalue weighted by Gasteiger charge is -2.13. The molecule has 1 aromatic heterocycles. The second-order valence-corrected chi connectivity index (χ2v) is 5.41. The molecule has 0 radical (unpaired) electrons. The second-order valence-electron chi connectivity index (χ2n) is 5.41. The molecule has 1 unspecified atom stereocenters. The number of nitrogens with one attached hydrogen (secondary N) is 1. The van der Waals surface area contributed by atoms with E-state index in [2.05, 4.69) is 15.4 Å². The molecule has 0 aliphatic carbocycles. The van der Waals surface area contributed by atoms with Crippen LogP contribution in [-0.4, -0.2) is 20.7 Å². The Labute approximate surface area is 143 Å². The molecule has 0 aliphatic heterocycles. The molecule has 126 valence electrons. The van der Waals surface area contributed by atoms with Gasteiger partial charge in [0.1, 0.15) is 11.9 Å². The third kappa shape index (κ3) is 3.77. The van der Waals surface area contributed by atoms with E-state index in [1.165, 1.54) is 31.3 Å². The van der Waals surface area contributed by atoms with Crippen LogP contribution < -0.4 is 11.0 Å². The zero-order valence-electron chi connectivity index (χ0n) is 13.4. The van der Waals surface area contributed by atoms with Crippen molar-refractivity contribution in [1.82, 2.24) is 14.8 Å². The number of hydrogen-bond donors (Lipinski definition) is 1. The van der Waals surface area contributed by atoms with E-state index in [0.717, 1.165) is 10.2 Å². The molecule has 6 nitrogen and oxygen atoms in total. The molecule has 2 aromatic carbocycles. The average Bonchev–Trinajstić information content (AvgIpc) is 2.62. The van der Waals surface area contributed by atoms with Crippen molar-refractivity contribution in [2.75, 3.05) is 5.32 Å². The summed E-state index contributed by atoms with van der Waals surface area (Å²) in [6.07, 6.45) is 1.43. The third-order valence-electron chi connectivity index (χ3n) is 3.62. The summed E-state index contributed by atoms with van der Waals surface area (Å²) in [6, 6.07) is 13.8. The Balaban J connectivity index is 1.81. The summed E-state index contributed by atoms with van der Waals surface area (Å²) >= 11 is 0. The fourth-order valence-corrected chi connectivity index (χ4v) is 2.29. The minimum Gasteiger partial charge on any atom is -0.324 e. The number of halogens is 1. The van der Waals surface area contributed by atoms with Crippen LogP contribution in [0.1, 0.15) is 13.0 Å². The lowest BCUT2D eigenvalue weighted by molar-refractivity contribution is -0.119. The van der Waals surface area contributed by atoms with Gasteiger partial charge in [-0.05, 0) is 25.1 Å². The van der Waals surface area contributed by atoms with Crippen LogP contribution >= 0.6 is 0 Å². The van der Waals surface area contributed by atoms with Crippen molar-refractivity contribution in [2.24, 2.45) is 0 Å². The molecule has 0 spiro atoms. The summed E-state index contributed by atoms with van der Waals surface area (Å²) in [5.41, 5.74) is 0.859. The van der Waals surface area contributed by atoms with Gasteiger partial charge in [0.05, 0.1) is 11.9 Å². The maximum atomic E-state index is 13.2. The van der Waals surface area contributed by atoms with Gasteiger partial charge in [-0.25, -0.2) is 13.9 Å². The third-order valence-corrected chi connectivity index (χ3v) is 3.62. The first-order valence-electron chi connectivity index (χ1n) is 7.62. The summed E-state index contributed by atoms with van der Waals surface area (Å²) in [7, 11) is 0. The van der Waals surface area contributed by atoms with Crippen molar-refractivity contribution >= 4 is 11.6 Å². The van der Waals surface area contributed by atoms with Gasteiger partial charge in [0, 0.05) is 11.3 Å². The number of nitrogens with zero attached hydrogens (tertiary/aromatic N) is 3. The van der Waals surface area contributed by atoms with Crippen LogP contribution in [-0.2, 0) is 4.79 Å². The fourth-order valence-electron chi connectivity index (χ4n) is 2.29. The number of carbonyl (C=O) groups excluding carboxylic acids is 1. The van der Waals surface area contributed by atoms with Gasteiger partial charge in [-0.2, -0.15) is 10.1 Å². The normalized spacial score (nSPS) is 11.8. The standard InChI is InChI=1S/C18H15FN4O2/c1-12(17(24)21-15-9-5-8-14(19)10-15)23-18(25)22-16(11-20-23)13-6-3-2-4-7-13/h2-12H,1H3,(H,21,24). The zero-order chi connectivity index (χ0) is 17.8. The molecule has 0 saturated carbocycles. The minimum absolute atomic E-state index is 0.304. The van der Waals surface area contributed by atoms with Crippen LogP contribution in [0.5, 0.6) is 0 Å². The molecule has 1 N–H and O–H groups in total. The topological polar surface area (TPSA) is 76.9 Å². The van der Waals surface area contributed by atoms with Gasteiger partial charge >= 0.3 is 5.69 Å². The second kappa shape index (κ2) is 7.04. The lowest BCUT2D eigenvalue weighted by Crippen LogP contribution is -2.34. The van der Waals surface area contributed by atoms with Crippen molar-refractivity contribution in [3.05, 3.63) is 77.1 Å². The van der Waals surface area contributed by atoms with Gasteiger partial charge in [-0.3, -0.25) is 4.79 Å². The Morgan fingerprint density at radius 2 is 1.92 bits per heavy atom. The summed E-state index contributed by atoms with van der Waals surface area (Å²) in [4.78, 5) is 28.5. The molecule has 1 amide bonds.